The van der Waals surface area contributed by atoms with Crippen LogP contribution in [0.2, 0.25) is 0 Å². The van der Waals surface area contributed by atoms with Crippen molar-refractivity contribution in [3.8, 4) is 0 Å². The molecule has 0 aromatic heterocycles. The van der Waals surface area contributed by atoms with Crippen molar-refractivity contribution in [2.45, 2.75) is 43.7 Å². The van der Waals surface area contributed by atoms with Crippen LogP contribution in [0.1, 0.15) is 19.8 Å². The van der Waals surface area contributed by atoms with E-state index in [2.05, 4.69) is 0 Å². The molecule has 1 heterocycles. The smallest absolute Gasteiger partial charge is 0.331 e. The standard InChI is InChI=1S/C19H26O6/c1-19(24,12-11-16-9-7-10-18(23)25-16)17(22)14-15(21)8-5-3-2-4-6-13-20/h2-8,10-12,15-17,20-22,24H,9,13-14H2,1H3/b3-2+,6-4+,8-5+,12-11+. The minimum atomic E-state index is -1.57. The van der Waals surface area contributed by atoms with Crippen LogP contribution in [0.15, 0.2) is 60.8 Å². The first-order chi connectivity index (χ1) is 11.8. The van der Waals surface area contributed by atoms with Gasteiger partial charge in [0.15, 0.2) is 0 Å². The van der Waals surface area contributed by atoms with E-state index in [1.165, 1.54) is 31.2 Å². The van der Waals surface area contributed by atoms with E-state index in [-0.39, 0.29) is 13.0 Å². The number of hydrogen-bond donors (Lipinski definition) is 4. The number of rotatable bonds is 9. The molecule has 0 aliphatic carbocycles. The summed E-state index contributed by atoms with van der Waals surface area (Å²) in [6.45, 7) is 1.38. The molecule has 6 heteroatoms. The van der Waals surface area contributed by atoms with Gasteiger partial charge in [-0.05, 0) is 13.0 Å². The second-order valence-corrected chi connectivity index (χ2v) is 5.90. The molecule has 138 valence electrons. The molecule has 0 spiro atoms. The highest BCUT2D eigenvalue weighted by atomic mass is 16.5. The third-order valence-corrected chi connectivity index (χ3v) is 3.59. The molecule has 0 saturated heterocycles. The van der Waals surface area contributed by atoms with Gasteiger partial charge in [-0.15, -0.1) is 0 Å². The number of carbonyl (C=O) groups is 1. The lowest BCUT2D eigenvalue weighted by atomic mass is 9.93. The number of aliphatic hydroxyl groups excluding tert-OH is 3. The van der Waals surface area contributed by atoms with Gasteiger partial charge in [0.1, 0.15) is 11.7 Å². The van der Waals surface area contributed by atoms with Gasteiger partial charge >= 0.3 is 5.97 Å². The molecule has 1 aliphatic rings. The zero-order chi connectivity index (χ0) is 18.7. The first-order valence-electron chi connectivity index (χ1n) is 8.11. The van der Waals surface area contributed by atoms with Crippen molar-refractivity contribution in [1.29, 1.82) is 0 Å². The van der Waals surface area contributed by atoms with Gasteiger partial charge in [-0.3, -0.25) is 0 Å². The van der Waals surface area contributed by atoms with Gasteiger partial charge in [0.25, 0.3) is 0 Å². The minimum absolute atomic E-state index is 0.0399. The summed E-state index contributed by atoms with van der Waals surface area (Å²) in [7, 11) is 0. The summed E-state index contributed by atoms with van der Waals surface area (Å²) >= 11 is 0. The number of allylic oxidation sites excluding steroid dienone is 4. The fourth-order valence-corrected chi connectivity index (χ4v) is 2.07. The number of carbonyl (C=O) groups excluding carboxylic acids is 1. The Labute approximate surface area is 147 Å². The van der Waals surface area contributed by atoms with Crippen molar-refractivity contribution in [3.05, 3.63) is 60.8 Å². The molecule has 1 aliphatic heterocycles. The summed E-state index contributed by atoms with van der Waals surface area (Å²) in [5.41, 5.74) is -1.57. The Balaban J connectivity index is 2.50. The Bertz CT molecular complexity index is 556. The lowest BCUT2D eigenvalue weighted by molar-refractivity contribution is -0.141. The number of hydrogen-bond acceptors (Lipinski definition) is 6. The number of cyclic esters (lactones) is 1. The zero-order valence-electron chi connectivity index (χ0n) is 14.2. The van der Waals surface area contributed by atoms with E-state index in [9.17, 15) is 20.1 Å². The number of ether oxygens (including phenoxy) is 1. The third kappa shape index (κ3) is 8.60. The van der Waals surface area contributed by atoms with Crippen LogP contribution in [-0.4, -0.2) is 56.9 Å². The Morgan fingerprint density at radius 2 is 2.04 bits per heavy atom. The Morgan fingerprint density at radius 1 is 1.32 bits per heavy atom. The van der Waals surface area contributed by atoms with Crippen LogP contribution >= 0.6 is 0 Å². The molecular weight excluding hydrogens is 324 g/mol. The zero-order valence-corrected chi connectivity index (χ0v) is 14.2. The van der Waals surface area contributed by atoms with Crippen LogP contribution in [0.4, 0.5) is 0 Å². The monoisotopic (exact) mass is 350 g/mol. The molecule has 0 fully saturated rings. The third-order valence-electron chi connectivity index (χ3n) is 3.59. The molecule has 4 N–H and O–H groups in total. The van der Waals surface area contributed by atoms with E-state index >= 15 is 0 Å². The van der Waals surface area contributed by atoms with Crippen LogP contribution < -0.4 is 0 Å². The summed E-state index contributed by atoms with van der Waals surface area (Å²) in [6.07, 6.45) is 13.5. The lowest BCUT2D eigenvalue weighted by Gasteiger charge is -2.27. The SMILES string of the molecule is CC(O)(/C=C/C1CC=CC(=O)O1)C(O)CC(O)/C=C/C=C/C=C/CO. The van der Waals surface area contributed by atoms with Gasteiger partial charge in [0.2, 0.25) is 0 Å². The van der Waals surface area contributed by atoms with E-state index in [1.807, 2.05) is 0 Å². The van der Waals surface area contributed by atoms with Crippen LogP contribution in [-0.2, 0) is 9.53 Å². The summed E-state index contributed by atoms with van der Waals surface area (Å²) < 4.78 is 5.04. The minimum Gasteiger partial charge on any atom is -0.455 e. The van der Waals surface area contributed by atoms with Crippen molar-refractivity contribution in [3.63, 3.8) is 0 Å². The molecule has 0 aromatic carbocycles. The van der Waals surface area contributed by atoms with Crippen molar-refractivity contribution >= 4 is 5.97 Å². The topological polar surface area (TPSA) is 107 Å². The lowest BCUT2D eigenvalue weighted by Crippen LogP contribution is -2.39. The highest BCUT2D eigenvalue weighted by Crippen LogP contribution is 2.19. The molecule has 0 aromatic rings. The van der Waals surface area contributed by atoms with Crippen LogP contribution in [0, 0.1) is 0 Å². The largest absolute Gasteiger partial charge is 0.455 e. The Hall–Kier alpha value is -1.99. The molecule has 0 saturated carbocycles. The first-order valence-corrected chi connectivity index (χ1v) is 8.11. The molecule has 4 atom stereocenters. The maximum Gasteiger partial charge on any atom is 0.331 e. The van der Waals surface area contributed by atoms with Crippen molar-refractivity contribution in [1.82, 2.24) is 0 Å². The van der Waals surface area contributed by atoms with E-state index < -0.39 is 29.9 Å². The molecule has 0 amide bonds. The Morgan fingerprint density at radius 3 is 2.72 bits per heavy atom. The highest BCUT2D eigenvalue weighted by Gasteiger charge is 2.29. The molecule has 0 radical (unpaired) electrons. The second kappa shape index (κ2) is 10.8. The molecule has 25 heavy (non-hydrogen) atoms. The number of aliphatic hydroxyl groups is 4. The average molecular weight is 350 g/mol. The maximum atomic E-state index is 11.1. The van der Waals surface area contributed by atoms with Crippen LogP contribution in [0.5, 0.6) is 0 Å². The van der Waals surface area contributed by atoms with Crippen LogP contribution in [0.3, 0.4) is 0 Å². The van der Waals surface area contributed by atoms with E-state index in [1.54, 1.807) is 36.5 Å². The average Bonchev–Trinajstić information content (AvgIpc) is 2.56. The maximum absolute atomic E-state index is 11.1. The molecular formula is C19H26O6. The van der Waals surface area contributed by atoms with E-state index in [0.29, 0.717) is 6.42 Å². The second-order valence-electron chi connectivity index (χ2n) is 5.90. The number of esters is 1. The van der Waals surface area contributed by atoms with Crippen LogP contribution in [0.25, 0.3) is 0 Å². The normalized spacial score (nSPS) is 23.6. The quantitative estimate of drug-likeness (QED) is 0.280. The molecule has 1 rings (SSSR count). The van der Waals surface area contributed by atoms with Gasteiger partial charge in [-0.2, -0.15) is 0 Å². The van der Waals surface area contributed by atoms with Gasteiger partial charge in [0.05, 0.1) is 18.8 Å². The van der Waals surface area contributed by atoms with Gasteiger partial charge < -0.3 is 25.2 Å². The van der Waals surface area contributed by atoms with Crippen molar-refractivity contribution in [2.75, 3.05) is 6.61 Å². The summed E-state index contributed by atoms with van der Waals surface area (Å²) in [4.78, 5) is 11.1. The first kappa shape index (κ1) is 21.1. The molecule has 6 nitrogen and oxygen atoms in total. The predicted octanol–water partition coefficient (Wildman–Crippen LogP) is 0.938. The summed E-state index contributed by atoms with van der Waals surface area (Å²) in [6, 6.07) is 0. The predicted molar refractivity (Wildman–Crippen MR) is 94.5 cm³/mol. The van der Waals surface area contributed by atoms with Crippen molar-refractivity contribution < 1.29 is 30.0 Å². The fraction of sp³-hybridized carbons (Fsp3) is 0.421. The Kier molecular flexibility index (Phi) is 9.08. The van der Waals surface area contributed by atoms with Gasteiger partial charge in [-0.1, -0.05) is 48.6 Å². The van der Waals surface area contributed by atoms with E-state index in [4.69, 9.17) is 9.84 Å². The van der Waals surface area contributed by atoms with Gasteiger partial charge in [0, 0.05) is 18.9 Å². The van der Waals surface area contributed by atoms with Crippen molar-refractivity contribution in [2.24, 2.45) is 0 Å². The summed E-state index contributed by atoms with van der Waals surface area (Å²) in [5, 5.41) is 38.9. The van der Waals surface area contributed by atoms with E-state index in [0.717, 1.165) is 0 Å². The molecule has 4 unspecified atom stereocenters. The fourth-order valence-electron chi connectivity index (χ4n) is 2.07. The van der Waals surface area contributed by atoms with Gasteiger partial charge in [-0.25, -0.2) is 4.79 Å². The highest BCUT2D eigenvalue weighted by molar-refractivity contribution is 5.82. The summed E-state index contributed by atoms with van der Waals surface area (Å²) in [5.74, 6) is -0.441. The molecule has 0 bridgehead atoms.